The van der Waals surface area contributed by atoms with Crippen LogP contribution in [-0.4, -0.2) is 17.6 Å². The molecule has 1 aromatic carbocycles. The maximum Gasteiger partial charge on any atom is 0.261 e. The van der Waals surface area contributed by atoms with E-state index in [9.17, 15) is 0 Å². The summed E-state index contributed by atoms with van der Waals surface area (Å²) >= 11 is 0. The number of aliphatic imine (C=N–C) groups is 1. The molecule has 0 N–H and O–H groups in total. The van der Waals surface area contributed by atoms with Gasteiger partial charge in [-0.3, -0.25) is 0 Å². The number of benzene rings is 1. The topological polar surface area (TPSA) is 21.6 Å². The van der Waals surface area contributed by atoms with Crippen molar-refractivity contribution in [1.29, 1.82) is 0 Å². The van der Waals surface area contributed by atoms with Crippen molar-refractivity contribution in [3.63, 3.8) is 0 Å². The summed E-state index contributed by atoms with van der Waals surface area (Å²) in [6, 6.07) is 8.12. The first kappa shape index (κ1) is 13.5. The van der Waals surface area contributed by atoms with E-state index in [4.69, 9.17) is 4.74 Å². The van der Waals surface area contributed by atoms with Gasteiger partial charge >= 0.3 is 0 Å². The first-order valence-corrected chi connectivity index (χ1v) is 7.65. The molecule has 4 heteroatoms. The van der Waals surface area contributed by atoms with Gasteiger partial charge in [0.2, 0.25) is 0 Å². The maximum absolute atomic E-state index is 5.47. The minimum Gasteiger partial charge on any atom is -0.473 e. The molecule has 0 saturated heterocycles. The second-order valence-corrected chi connectivity index (χ2v) is 5.67. The molecule has 0 aliphatic carbocycles. The Balaban J connectivity index is 2.71. The molecule has 16 heavy (non-hydrogen) atoms. The molecule has 0 saturated carbocycles. The van der Waals surface area contributed by atoms with Gasteiger partial charge in [0.25, 0.3) is 5.23 Å². The normalized spacial score (nSPS) is 11.6. The Morgan fingerprint density at radius 3 is 2.50 bits per heavy atom. The Kier molecular flexibility index (Phi) is 6.42. The summed E-state index contributed by atoms with van der Waals surface area (Å²) in [5.74, 6) is 1.05. The van der Waals surface area contributed by atoms with Gasteiger partial charge in [0.05, 0.1) is 12.3 Å². The van der Waals surface area contributed by atoms with Gasteiger partial charge in [0, 0.05) is 16.5 Å². The molecule has 0 radical (unpaired) electrons. The summed E-state index contributed by atoms with van der Waals surface area (Å²) in [6.07, 6.45) is 0. The zero-order chi connectivity index (χ0) is 11.8. The third kappa shape index (κ3) is 4.94. The molecule has 0 fully saturated rings. The van der Waals surface area contributed by atoms with E-state index in [1.165, 1.54) is 5.56 Å². The zero-order valence-corrected chi connectivity index (χ0v) is 11.5. The predicted octanol–water partition coefficient (Wildman–Crippen LogP) is 4.42. The van der Waals surface area contributed by atoms with Gasteiger partial charge in [-0.25, -0.2) is 4.99 Å². The van der Waals surface area contributed by atoms with Crippen molar-refractivity contribution in [2.24, 2.45) is 4.99 Å². The van der Waals surface area contributed by atoms with Crippen molar-refractivity contribution in [3.05, 3.63) is 29.8 Å². The molecule has 0 heterocycles. The van der Waals surface area contributed by atoms with Crippen molar-refractivity contribution < 1.29 is 4.74 Å². The second kappa shape index (κ2) is 7.63. The van der Waals surface area contributed by atoms with Crippen LogP contribution in [0, 0.1) is 6.92 Å². The molecular formula is C12H17NOS2. The smallest absolute Gasteiger partial charge is 0.261 e. The van der Waals surface area contributed by atoms with Crippen LogP contribution in [0.1, 0.15) is 19.4 Å². The molecule has 88 valence electrons. The van der Waals surface area contributed by atoms with Crippen LogP contribution in [0.4, 0.5) is 5.69 Å². The third-order valence-corrected chi connectivity index (χ3v) is 3.96. The first-order chi connectivity index (χ1) is 7.76. The molecule has 0 aliphatic rings. The maximum atomic E-state index is 5.47. The van der Waals surface area contributed by atoms with E-state index in [2.05, 4.69) is 31.0 Å². The van der Waals surface area contributed by atoms with Crippen LogP contribution in [0.3, 0.4) is 0 Å². The highest BCUT2D eigenvalue weighted by Gasteiger charge is 2.01. The van der Waals surface area contributed by atoms with Crippen LogP contribution in [-0.2, 0) is 4.74 Å². The van der Waals surface area contributed by atoms with Crippen LogP contribution in [0.15, 0.2) is 29.3 Å². The summed E-state index contributed by atoms with van der Waals surface area (Å²) in [7, 11) is 3.33. The monoisotopic (exact) mass is 255 g/mol. The highest BCUT2D eigenvalue weighted by Crippen LogP contribution is 2.25. The highest BCUT2D eigenvalue weighted by molar-refractivity contribution is 8.82. The second-order valence-electron chi connectivity index (χ2n) is 3.14. The van der Waals surface area contributed by atoms with Gasteiger partial charge in [0.15, 0.2) is 0 Å². The van der Waals surface area contributed by atoms with E-state index in [1.54, 1.807) is 21.6 Å². The summed E-state index contributed by atoms with van der Waals surface area (Å²) < 4.78 is 5.47. The zero-order valence-electron chi connectivity index (χ0n) is 9.90. The number of ether oxygens (including phenoxy) is 1. The molecular weight excluding hydrogens is 238 g/mol. The third-order valence-electron chi connectivity index (χ3n) is 1.77. The SMILES string of the molecule is CCO/C(=N\c1ccc(C)cc1)SSCC. The van der Waals surface area contributed by atoms with Gasteiger partial charge < -0.3 is 4.74 Å². The Hall–Kier alpha value is -0.610. The molecule has 2 nitrogen and oxygen atoms in total. The summed E-state index contributed by atoms with van der Waals surface area (Å²) in [5, 5.41) is 0.734. The molecule has 0 bridgehead atoms. The Morgan fingerprint density at radius 1 is 1.25 bits per heavy atom. The van der Waals surface area contributed by atoms with Crippen LogP contribution in [0.2, 0.25) is 0 Å². The fourth-order valence-electron chi connectivity index (χ4n) is 1.03. The van der Waals surface area contributed by atoms with Crippen LogP contribution in [0.5, 0.6) is 0 Å². The van der Waals surface area contributed by atoms with Gasteiger partial charge in [-0.1, -0.05) is 35.4 Å². The lowest BCUT2D eigenvalue weighted by Gasteiger charge is -2.05. The van der Waals surface area contributed by atoms with E-state index < -0.39 is 0 Å². The van der Waals surface area contributed by atoms with E-state index in [1.807, 2.05) is 19.1 Å². The summed E-state index contributed by atoms with van der Waals surface area (Å²) in [4.78, 5) is 4.46. The molecule has 0 amide bonds. The fourth-order valence-corrected chi connectivity index (χ4v) is 2.47. The summed E-state index contributed by atoms with van der Waals surface area (Å²) in [5.41, 5.74) is 2.19. The number of hydrogen-bond donors (Lipinski definition) is 0. The van der Waals surface area contributed by atoms with Crippen molar-refractivity contribution in [2.75, 3.05) is 12.4 Å². The lowest BCUT2D eigenvalue weighted by molar-refractivity contribution is 0.338. The Bertz CT molecular complexity index is 335. The van der Waals surface area contributed by atoms with Gasteiger partial charge in [0.1, 0.15) is 0 Å². The van der Waals surface area contributed by atoms with Gasteiger partial charge in [-0.05, 0) is 26.0 Å². The summed E-state index contributed by atoms with van der Waals surface area (Å²) in [6.45, 7) is 6.82. The number of hydrogen-bond acceptors (Lipinski definition) is 4. The number of rotatable bonds is 4. The number of nitrogens with zero attached hydrogens (tertiary/aromatic N) is 1. The van der Waals surface area contributed by atoms with Crippen molar-refractivity contribution in [3.8, 4) is 0 Å². The van der Waals surface area contributed by atoms with E-state index in [-0.39, 0.29) is 0 Å². The highest BCUT2D eigenvalue weighted by atomic mass is 33.1. The predicted molar refractivity (Wildman–Crippen MR) is 75.6 cm³/mol. The number of aryl methyl sites for hydroxylation is 1. The molecule has 0 aromatic heterocycles. The van der Waals surface area contributed by atoms with Gasteiger partial charge in [-0.2, -0.15) is 0 Å². The average Bonchev–Trinajstić information content (AvgIpc) is 2.29. The first-order valence-electron chi connectivity index (χ1n) is 5.34. The van der Waals surface area contributed by atoms with Gasteiger partial charge in [-0.15, -0.1) is 0 Å². The van der Waals surface area contributed by atoms with Crippen LogP contribution in [0.25, 0.3) is 0 Å². The quantitative estimate of drug-likeness (QED) is 0.451. The lowest BCUT2D eigenvalue weighted by atomic mass is 10.2. The minimum absolute atomic E-state index is 0.655. The molecule has 0 spiro atoms. The van der Waals surface area contributed by atoms with Crippen LogP contribution >= 0.6 is 21.6 Å². The fraction of sp³-hybridized carbons (Fsp3) is 0.417. The molecule has 1 aromatic rings. The minimum atomic E-state index is 0.655. The van der Waals surface area contributed by atoms with E-state index in [0.717, 1.165) is 16.7 Å². The largest absolute Gasteiger partial charge is 0.473 e. The van der Waals surface area contributed by atoms with Crippen molar-refractivity contribution in [1.82, 2.24) is 0 Å². The average molecular weight is 255 g/mol. The van der Waals surface area contributed by atoms with Crippen molar-refractivity contribution in [2.45, 2.75) is 20.8 Å². The Morgan fingerprint density at radius 2 is 1.94 bits per heavy atom. The molecule has 1 rings (SSSR count). The van der Waals surface area contributed by atoms with Crippen LogP contribution < -0.4 is 0 Å². The standard InChI is InChI=1S/C12H17NOS2/c1-4-14-12(16-15-5-2)13-11-8-6-10(3)7-9-11/h6-9H,4-5H2,1-3H3/b13-12+. The molecule has 0 atom stereocenters. The Labute approximate surface area is 105 Å². The molecule has 0 aliphatic heterocycles. The van der Waals surface area contributed by atoms with E-state index >= 15 is 0 Å². The van der Waals surface area contributed by atoms with E-state index in [0.29, 0.717) is 6.61 Å². The van der Waals surface area contributed by atoms with Crippen molar-refractivity contribution >= 4 is 32.5 Å². The lowest BCUT2D eigenvalue weighted by Crippen LogP contribution is -1.97. The molecule has 0 unspecified atom stereocenters.